The van der Waals surface area contributed by atoms with E-state index in [0.29, 0.717) is 12.1 Å². The molecule has 1 aromatic rings. The Labute approximate surface area is 99.9 Å². The summed E-state index contributed by atoms with van der Waals surface area (Å²) in [6.07, 6.45) is 1.69. The molecule has 1 fully saturated rings. The predicted octanol–water partition coefficient (Wildman–Crippen LogP) is 1.51. The first-order valence-corrected chi connectivity index (χ1v) is 5.66. The van der Waals surface area contributed by atoms with Gasteiger partial charge in [-0.3, -0.25) is 4.79 Å². The largest absolute Gasteiger partial charge is 0.481 e. The van der Waals surface area contributed by atoms with Crippen LogP contribution in [-0.4, -0.2) is 17.1 Å². The first kappa shape index (κ1) is 11.6. The number of nitriles is 1. The van der Waals surface area contributed by atoms with Gasteiger partial charge in [0, 0.05) is 12.6 Å². The molecule has 2 atom stereocenters. The van der Waals surface area contributed by atoms with Crippen LogP contribution in [-0.2, 0) is 11.3 Å². The summed E-state index contributed by atoms with van der Waals surface area (Å²) in [7, 11) is 0. The number of carboxylic acids is 1. The van der Waals surface area contributed by atoms with Crippen molar-refractivity contribution in [2.75, 3.05) is 0 Å². The zero-order valence-corrected chi connectivity index (χ0v) is 9.39. The maximum Gasteiger partial charge on any atom is 0.308 e. The van der Waals surface area contributed by atoms with E-state index in [4.69, 9.17) is 10.4 Å². The van der Waals surface area contributed by atoms with Gasteiger partial charge in [0.2, 0.25) is 0 Å². The molecule has 0 bridgehead atoms. The SMILES string of the molecule is N#Cc1ccc(CNC2CCC2C(=O)O)cc1. The van der Waals surface area contributed by atoms with E-state index in [0.717, 1.165) is 18.4 Å². The lowest BCUT2D eigenvalue weighted by Gasteiger charge is -2.34. The van der Waals surface area contributed by atoms with Crippen LogP contribution in [0.5, 0.6) is 0 Å². The first-order chi connectivity index (χ1) is 8.20. The lowest BCUT2D eigenvalue weighted by atomic mass is 9.79. The third-order valence-corrected chi connectivity index (χ3v) is 3.24. The molecule has 88 valence electrons. The molecule has 1 aliphatic rings. The van der Waals surface area contributed by atoms with Crippen LogP contribution in [0.25, 0.3) is 0 Å². The number of benzene rings is 1. The van der Waals surface area contributed by atoms with Gasteiger partial charge in [0.25, 0.3) is 0 Å². The highest BCUT2D eigenvalue weighted by Gasteiger charge is 2.35. The van der Waals surface area contributed by atoms with Gasteiger partial charge in [-0.05, 0) is 30.5 Å². The summed E-state index contributed by atoms with van der Waals surface area (Å²) in [6.45, 7) is 0.653. The maximum absolute atomic E-state index is 10.8. The van der Waals surface area contributed by atoms with Gasteiger partial charge in [-0.1, -0.05) is 12.1 Å². The highest BCUT2D eigenvalue weighted by molar-refractivity contribution is 5.72. The Kier molecular flexibility index (Phi) is 3.40. The highest BCUT2D eigenvalue weighted by atomic mass is 16.4. The fraction of sp³-hybridized carbons (Fsp3) is 0.385. The number of nitrogens with one attached hydrogen (secondary N) is 1. The quantitative estimate of drug-likeness (QED) is 0.822. The van der Waals surface area contributed by atoms with Gasteiger partial charge in [0.15, 0.2) is 0 Å². The average Bonchev–Trinajstić information content (AvgIpc) is 2.28. The summed E-state index contributed by atoms with van der Waals surface area (Å²) in [5.41, 5.74) is 1.71. The Bertz CT molecular complexity index is 447. The second-order valence-electron chi connectivity index (χ2n) is 4.32. The van der Waals surface area contributed by atoms with Crippen LogP contribution in [0.15, 0.2) is 24.3 Å². The van der Waals surface area contributed by atoms with Crippen LogP contribution in [0.1, 0.15) is 24.0 Å². The number of rotatable bonds is 4. The standard InChI is InChI=1S/C13H14N2O2/c14-7-9-1-3-10(4-2-9)8-15-12-6-5-11(12)13(16)17/h1-4,11-12,15H,5-6,8H2,(H,16,17). The molecule has 4 heteroatoms. The van der Waals surface area contributed by atoms with Crippen LogP contribution in [0, 0.1) is 17.2 Å². The molecule has 0 aromatic heterocycles. The Balaban J connectivity index is 1.86. The number of nitrogens with zero attached hydrogens (tertiary/aromatic N) is 1. The van der Waals surface area contributed by atoms with E-state index in [1.54, 1.807) is 12.1 Å². The lowest BCUT2D eigenvalue weighted by molar-refractivity contribution is -0.146. The zero-order chi connectivity index (χ0) is 12.3. The molecule has 4 nitrogen and oxygen atoms in total. The molecule has 1 aromatic carbocycles. The van der Waals surface area contributed by atoms with E-state index in [1.807, 2.05) is 12.1 Å². The molecule has 2 rings (SSSR count). The summed E-state index contributed by atoms with van der Waals surface area (Å²) < 4.78 is 0. The third kappa shape index (κ3) is 2.63. The Morgan fingerprint density at radius 1 is 1.41 bits per heavy atom. The molecule has 0 amide bonds. The van der Waals surface area contributed by atoms with E-state index in [2.05, 4.69) is 11.4 Å². The van der Waals surface area contributed by atoms with Crippen molar-refractivity contribution in [1.29, 1.82) is 5.26 Å². The van der Waals surface area contributed by atoms with E-state index in [9.17, 15) is 4.79 Å². The molecule has 17 heavy (non-hydrogen) atoms. The molecule has 0 aliphatic heterocycles. The normalized spacial score (nSPS) is 22.5. The molecule has 1 saturated carbocycles. The smallest absolute Gasteiger partial charge is 0.308 e. The zero-order valence-electron chi connectivity index (χ0n) is 9.39. The third-order valence-electron chi connectivity index (χ3n) is 3.24. The molecular weight excluding hydrogens is 216 g/mol. The van der Waals surface area contributed by atoms with Crippen molar-refractivity contribution in [3.8, 4) is 6.07 Å². The molecule has 1 aliphatic carbocycles. The Morgan fingerprint density at radius 2 is 2.12 bits per heavy atom. The van der Waals surface area contributed by atoms with E-state index < -0.39 is 5.97 Å². The number of carboxylic acid groups (broad SMARTS) is 1. The fourth-order valence-corrected chi connectivity index (χ4v) is 1.99. The molecule has 0 spiro atoms. The van der Waals surface area contributed by atoms with Crippen LogP contribution in [0.2, 0.25) is 0 Å². The van der Waals surface area contributed by atoms with Crippen molar-refractivity contribution >= 4 is 5.97 Å². The number of aliphatic carboxylic acids is 1. The Hall–Kier alpha value is -1.86. The van der Waals surface area contributed by atoms with Gasteiger partial charge >= 0.3 is 5.97 Å². The van der Waals surface area contributed by atoms with Gasteiger partial charge in [-0.2, -0.15) is 5.26 Å². The van der Waals surface area contributed by atoms with E-state index in [1.165, 1.54) is 0 Å². The maximum atomic E-state index is 10.8. The molecular formula is C13H14N2O2. The molecule has 2 N–H and O–H groups in total. The van der Waals surface area contributed by atoms with E-state index >= 15 is 0 Å². The lowest BCUT2D eigenvalue weighted by Crippen LogP contribution is -2.47. The monoisotopic (exact) mass is 230 g/mol. The summed E-state index contributed by atoms with van der Waals surface area (Å²) in [4.78, 5) is 10.8. The minimum Gasteiger partial charge on any atom is -0.481 e. The molecule has 0 radical (unpaired) electrons. The summed E-state index contributed by atoms with van der Waals surface area (Å²) >= 11 is 0. The van der Waals surface area contributed by atoms with Gasteiger partial charge in [0.1, 0.15) is 0 Å². The first-order valence-electron chi connectivity index (χ1n) is 5.66. The minimum atomic E-state index is -0.714. The predicted molar refractivity (Wildman–Crippen MR) is 62.1 cm³/mol. The topological polar surface area (TPSA) is 73.1 Å². The number of hydrogen-bond acceptors (Lipinski definition) is 3. The van der Waals surface area contributed by atoms with Gasteiger partial charge in [-0.15, -0.1) is 0 Å². The van der Waals surface area contributed by atoms with Crippen LogP contribution < -0.4 is 5.32 Å². The van der Waals surface area contributed by atoms with Crippen LogP contribution in [0.4, 0.5) is 0 Å². The number of hydrogen-bond donors (Lipinski definition) is 2. The van der Waals surface area contributed by atoms with Crippen LogP contribution >= 0.6 is 0 Å². The minimum absolute atomic E-state index is 0.0862. The summed E-state index contributed by atoms with van der Waals surface area (Å²) in [6, 6.07) is 9.47. The van der Waals surface area contributed by atoms with Crippen molar-refractivity contribution < 1.29 is 9.90 Å². The van der Waals surface area contributed by atoms with Crippen molar-refractivity contribution in [3.63, 3.8) is 0 Å². The average molecular weight is 230 g/mol. The second-order valence-corrected chi connectivity index (χ2v) is 4.32. The summed E-state index contributed by atoms with van der Waals surface area (Å²) in [5.74, 6) is -0.957. The second kappa shape index (κ2) is 4.98. The van der Waals surface area contributed by atoms with Crippen molar-refractivity contribution in [2.45, 2.75) is 25.4 Å². The molecule has 0 heterocycles. The van der Waals surface area contributed by atoms with Crippen molar-refractivity contribution in [3.05, 3.63) is 35.4 Å². The van der Waals surface area contributed by atoms with Crippen molar-refractivity contribution in [1.82, 2.24) is 5.32 Å². The highest BCUT2D eigenvalue weighted by Crippen LogP contribution is 2.27. The molecule has 0 saturated heterocycles. The Morgan fingerprint density at radius 3 is 2.59 bits per heavy atom. The molecule has 2 unspecified atom stereocenters. The van der Waals surface area contributed by atoms with Gasteiger partial charge in [0.05, 0.1) is 17.6 Å². The number of carbonyl (C=O) groups is 1. The van der Waals surface area contributed by atoms with E-state index in [-0.39, 0.29) is 12.0 Å². The fourth-order valence-electron chi connectivity index (χ4n) is 1.99. The van der Waals surface area contributed by atoms with Gasteiger partial charge < -0.3 is 10.4 Å². The van der Waals surface area contributed by atoms with Crippen LogP contribution in [0.3, 0.4) is 0 Å². The van der Waals surface area contributed by atoms with Gasteiger partial charge in [-0.25, -0.2) is 0 Å². The van der Waals surface area contributed by atoms with Crippen molar-refractivity contribution in [2.24, 2.45) is 5.92 Å². The summed E-state index contributed by atoms with van der Waals surface area (Å²) in [5, 5.41) is 20.8.